The fourth-order valence-electron chi connectivity index (χ4n) is 1.66. The van der Waals surface area contributed by atoms with Crippen LogP contribution < -0.4 is 0 Å². The lowest BCUT2D eigenvalue weighted by molar-refractivity contribution is -0.384. The van der Waals surface area contributed by atoms with Crippen molar-refractivity contribution in [3.05, 3.63) is 39.9 Å². The van der Waals surface area contributed by atoms with Crippen molar-refractivity contribution in [1.82, 2.24) is 0 Å². The van der Waals surface area contributed by atoms with Crippen LogP contribution >= 0.6 is 0 Å². The molecule has 0 heterocycles. The van der Waals surface area contributed by atoms with Crippen LogP contribution in [-0.4, -0.2) is 18.1 Å². The summed E-state index contributed by atoms with van der Waals surface area (Å²) in [4.78, 5) is 10.2. The Bertz CT molecular complexity index is 381. The molecule has 0 aromatic heterocycles. The second kappa shape index (κ2) is 9.44. The molecule has 0 fully saturated rings. The Morgan fingerprint density at radius 2 is 1.55 bits per heavy atom. The minimum atomic E-state index is -0.436. The molecular weight excluding hydrogens is 258 g/mol. The average Bonchev–Trinajstić information content (AvgIpc) is 2.46. The van der Waals surface area contributed by atoms with Gasteiger partial charge < -0.3 is 9.47 Å². The van der Waals surface area contributed by atoms with Crippen LogP contribution in [0.25, 0.3) is 0 Å². The third-order valence-electron chi connectivity index (χ3n) is 2.91. The minimum absolute atomic E-state index is 0.0783. The lowest BCUT2D eigenvalue weighted by Gasteiger charge is -2.18. The molecule has 5 nitrogen and oxygen atoms in total. The summed E-state index contributed by atoms with van der Waals surface area (Å²) >= 11 is 0. The van der Waals surface area contributed by atoms with Gasteiger partial charge in [0.05, 0.1) is 18.1 Å². The first-order valence-electron chi connectivity index (χ1n) is 7.16. The molecule has 0 saturated heterocycles. The zero-order valence-electron chi connectivity index (χ0n) is 12.2. The number of nitrogens with zero attached hydrogens (tertiary/aromatic N) is 1. The van der Waals surface area contributed by atoms with Crippen LogP contribution in [0.5, 0.6) is 0 Å². The summed E-state index contributed by atoms with van der Waals surface area (Å²) in [5, 5.41) is 10.6. The fraction of sp³-hybridized carbons (Fsp3) is 0.600. The summed E-state index contributed by atoms with van der Waals surface area (Å²) in [6, 6.07) is 6.35. The van der Waals surface area contributed by atoms with Crippen molar-refractivity contribution in [3.63, 3.8) is 0 Å². The van der Waals surface area contributed by atoms with Gasteiger partial charge in [0.2, 0.25) is 0 Å². The van der Waals surface area contributed by atoms with Gasteiger partial charge in [-0.25, -0.2) is 0 Å². The third-order valence-corrected chi connectivity index (χ3v) is 2.91. The van der Waals surface area contributed by atoms with E-state index in [1.54, 1.807) is 12.1 Å². The Morgan fingerprint density at radius 3 is 1.95 bits per heavy atom. The molecule has 1 aromatic rings. The Morgan fingerprint density at radius 1 is 1.05 bits per heavy atom. The van der Waals surface area contributed by atoms with E-state index in [-0.39, 0.29) is 5.69 Å². The van der Waals surface area contributed by atoms with Crippen molar-refractivity contribution in [1.29, 1.82) is 0 Å². The Labute approximate surface area is 120 Å². The molecule has 112 valence electrons. The largest absolute Gasteiger partial charge is 0.348 e. The number of rotatable bonds is 10. The number of nitro benzene ring substituents is 1. The van der Waals surface area contributed by atoms with Crippen LogP contribution in [0.4, 0.5) is 5.69 Å². The number of hydrogen-bond donors (Lipinski definition) is 0. The van der Waals surface area contributed by atoms with E-state index >= 15 is 0 Å². The summed E-state index contributed by atoms with van der Waals surface area (Å²) in [5.41, 5.74) is 0.900. The molecule has 1 aromatic carbocycles. The molecule has 0 unspecified atom stereocenters. The normalized spacial score (nSPS) is 10.9. The first kappa shape index (κ1) is 16.6. The van der Waals surface area contributed by atoms with Crippen molar-refractivity contribution in [2.24, 2.45) is 0 Å². The first-order chi connectivity index (χ1) is 9.69. The number of unbranched alkanes of at least 4 members (excludes halogenated alkanes) is 2. The summed E-state index contributed by atoms with van der Waals surface area (Å²) in [7, 11) is 0. The molecule has 0 bridgehead atoms. The Hall–Kier alpha value is -1.46. The maximum absolute atomic E-state index is 10.6. The highest BCUT2D eigenvalue weighted by molar-refractivity contribution is 5.33. The van der Waals surface area contributed by atoms with Crippen molar-refractivity contribution in [2.75, 3.05) is 13.2 Å². The Balaban J connectivity index is 2.66. The van der Waals surface area contributed by atoms with E-state index in [4.69, 9.17) is 9.47 Å². The van der Waals surface area contributed by atoms with Crippen LogP contribution in [-0.2, 0) is 9.47 Å². The van der Waals surface area contributed by atoms with Gasteiger partial charge in [-0.05, 0) is 25.0 Å². The van der Waals surface area contributed by atoms with Crippen molar-refractivity contribution < 1.29 is 14.4 Å². The fourth-order valence-corrected chi connectivity index (χ4v) is 1.66. The van der Waals surface area contributed by atoms with E-state index in [0.29, 0.717) is 13.2 Å². The van der Waals surface area contributed by atoms with Crippen LogP contribution in [0.3, 0.4) is 0 Å². The smallest absolute Gasteiger partial charge is 0.269 e. The van der Waals surface area contributed by atoms with Gasteiger partial charge in [-0.1, -0.05) is 26.7 Å². The molecule has 0 saturated carbocycles. The summed E-state index contributed by atoms with van der Waals surface area (Å²) < 4.78 is 11.4. The summed E-state index contributed by atoms with van der Waals surface area (Å²) in [5.74, 6) is 0. The third kappa shape index (κ3) is 5.67. The first-order valence-corrected chi connectivity index (χ1v) is 7.16. The van der Waals surface area contributed by atoms with Gasteiger partial charge >= 0.3 is 0 Å². The SMILES string of the molecule is CCCCOC(OCCCC)c1ccc([N+](=O)[O-])cc1. The van der Waals surface area contributed by atoms with Crippen molar-refractivity contribution >= 4 is 5.69 Å². The van der Waals surface area contributed by atoms with Crippen molar-refractivity contribution in [3.8, 4) is 0 Å². The lowest BCUT2D eigenvalue weighted by atomic mass is 10.2. The van der Waals surface area contributed by atoms with E-state index in [9.17, 15) is 10.1 Å². The highest BCUT2D eigenvalue weighted by Crippen LogP contribution is 2.22. The lowest BCUT2D eigenvalue weighted by Crippen LogP contribution is -2.11. The number of benzene rings is 1. The zero-order chi connectivity index (χ0) is 14.8. The topological polar surface area (TPSA) is 61.6 Å². The van der Waals surface area contributed by atoms with Crippen LogP contribution in [0, 0.1) is 10.1 Å². The monoisotopic (exact) mass is 281 g/mol. The van der Waals surface area contributed by atoms with Crippen LogP contribution in [0.15, 0.2) is 24.3 Å². The highest BCUT2D eigenvalue weighted by atomic mass is 16.7. The van der Waals surface area contributed by atoms with E-state index < -0.39 is 11.2 Å². The summed E-state index contributed by atoms with van der Waals surface area (Å²) in [6.07, 6.45) is 3.62. The molecule has 5 heteroatoms. The van der Waals surface area contributed by atoms with E-state index in [1.165, 1.54) is 12.1 Å². The molecule has 0 aliphatic carbocycles. The second-order valence-corrected chi connectivity index (χ2v) is 4.63. The minimum Gasteiger partial charge on any atom is -0.348 e. The number of non-ortho nitro benzene ring substituents is 1. The molecule has 0 aliphatic heterocycles. The van der Waals surface area contributed by atoms with E-state index in [2.05, 4.69) is 13.8 Å². The molecule has 0 N–H and O–H groups in total. The predicted octanol–water partition coefficient (Wildman–Crippen LogP) is 4.23. The molecule has 1 rings (SSSR count). The number of nitro groups is 1. The van der Waals surface area contributed by atoms with E-state index in [0.717, 1.165) is 31.2 Å². The maximum atomic E-state index is 10.6. The standard InChI is InChI=1S/C15H23NO4/c1-3-5-11-19-15(20-12-6-4-2)13-7-9-14(10-8-13)16(17)18/h7-10,15H,3-6,11-12H2,1-2H3. The molecular formula is C15H23NO4. The molecule has 0 spiro atoms. The second-order valence-electron chi connectivity index (χ2n) is 4.63. The van der Waals surface area contributed by atoms with Gasteiger partial charge in [-0.2, -0.15) is 0 Å². The molecule has 0 amide bonds. The van der Waals surface area contributed by atoms with Crippen molar-refractivity contribution in [2.45, 2.75) is 45.8 Å². The van der Waals surface area contributed by atoms with Gasteiger partial charge in [0.25, 0.3) is 5.69 Å². The zero-order valence-corrected chi connectivity index (χ0v) is 12.2. The molecule has 0 aliphatic rings. The quantitative estimate of drug-likeness (QED) is 0.279. The predicted molar refractivity (Wildman–Crippen MR) is 77.6 cm³/mol. The van der Waals surface area contributed by atoms with Crippen LogP contribution in [0.2, 0.25) is 0 Å². The van der Waals surface area contributed by atoms with E-state index in [1.807, 2.05) is 0 Å². The van der Waals surface area contributed by atoms with Gasteiger partial charge in [-0.3, -0.25) is 10.1 Å². The van der Waals surface area contributed by atoms with Gasteiger partial charge in [0.1, 0.15) is 0 Å². The maximum Gasteiger partial charge on any atom is 0.269 e. The number of ether oxygens (including phenoxy) is 2. The average molecular weight is 281 g/mol. The molecule has 20 heavy (non-hydrogen) atoms. The molecule has 0 atom stereocenters. The summed E-state index contributed by atoms with van der Waals surface area (Å²) in [6.45, 7) is 5.46. The van der Waals surface area contributed by atoms with Gasteiger partial charge in [0, 0.05) is 17.7 Å². The van der Waals surface area contributed by atoms with Gasteiger partial charge in [-0.15, -0.1) is 0 Å². The van der Waals surface area contributed by atoms with Gasteiger partial charge in [0.15, 0.2) is 6.29 Å². The number of hydrogen-bond acceptors (Lipinski definition) is 4. The Kier molecular flexibility index (Phi) is 7.84. The molecule has 0 radical (unpaired) electrons. The van der Waals surface area contributed by atoms with Crippen LogP contribution in [0.1, 0.15) is 51.4 Å². The highest BCUT2D eigenvalue weighted by Gasteiger charge is 2.14.